The maximum absolute atomic E-state index is 11.7. The minimum atomic E-state index is -1.60. The number of aromatic carboxylic acids is 1. The predicted octanol–water partition coefficient (Wildman–Crippen LogP) is 0.0400. The lowest BCUT2D eigenvalue weighted by atomic mass is 10.1. The molecule has 0 aromatic carbocycles. The number of nitrogens with one attached hydrogen (secondary N) is 1. The number of aromatic amines is 1. The van der Waals surface area contributed by atoms with Crippen LogP contribution in [0.1, 0.15) is 50.7 Å². The lowest BCUT2D eigenvalue weighted by Gasteiger charge is -2.05. The maximum Gasteiger partial charge on any atom is 0.355 e. The Morgan fingerprint density at radius 3 is 2.05 bits per heavy atom. The van der Waals surface area contributed by atoms with E-state index in [9.17, 15) is 19.5 Å². The molecule has 0 aliphatic carbocycles. The van der Waals surface area contributed by atoms with Gasteiger partial charge in [0.25, 0.3) is 0 Å². The number of hydrogen-bond donors (Lipinski definition) is 1. The number of carbonyl (C=O) groups is 3. The fourth-order valence-corrected chi connectivity index (χ4v) is 1.61. The number of carboxylic acid groups (broad SMARTS) is 1. The standard InChI is InChI=1S/C12H15NO6/c1-4-18-11(16)7-6(3)8(12(17)19-5-2)13-9(7)10(14)15/h13H,4-5H2,1-3H3,(H,14,15)/p-1. The van der Waals surface area contributed by atoms with Gasteiger partial charge >= 0.3 is 11.9 Å². The highest BCUT2D eigenvalue weighted by molar-refractivity contribution is 6.05. The molecule has 104 valence electrons. The van der Waals surface area contributed by atoms with E-state index in [0.29, 0.717) is 0 Å². The largest absolute Gasteiger partial charge is 0.543 e. The molecular weight excluding hydrogens is 254 g/mol. The van der Waals surface area contributed by atoms with Crippen LogP contribution in [0.3, 0.4) is 0 Å². The number of ether oxygens (including phenoxy) is 2. The molecule has 1 heterocycles. The van der Waals surface area contributed by atoms with E-state index in [4.69, 9.17) is 9.47 Å². The molecule has 0 bridgehead atoms. The Labute approximate surface area is 109 Å². The first-order chi connectivity index (χ1) is 8.93. The van der Waals surface area contributed by atoms with E-state index in [-0.39, 0.29) is 30.0 Å². The molecule has 0 saturated heterocycles. The summed E-state index contributed by atoms with van der Waals surface area (Å²) in [5.41, 5.74) is -0.635. The molecule has 1 N–H and O–H groups in total. The van der Waals surface area contributed by atoms with Crippen molar-refractivity contribution >= 4 is 17.9 Å². The van der Waals surface area contributed by atoms with Gasteiger partial charge in [0.05, 0.1) is 30.4 Å². The SMILES string of the molecule is CCOC(=O)c1[nH]c(C(=O)[O-])c(C(=O)OCC)c1C. The average molecular weight is 268 g/mol. The first-order valence-corrected chi connectivity index (χ1v) is 5.72. The first-order valence-electron chi connectivity index (χ1n) is 5.72. The summed E-state index contributed by atoms with van der Waals surface area (Å²) in [5, 5.41) is 11.0. The second-order valence-electron chi connectivity index (χ2n) is 3.60. The second-order valence-corrected chi connectivity index (χ2v) is 3.60. The number of carbonyl (C=O) groups excluding carboxylic acids is 3. The van der Waals surface area contributed by atoms with Crippen molar-refractivity contribution in [3.05, 3.63) is 22.5 Å². The van der Waals surface area contributed by atoms with Gasteiger partial charge in [0.1, 0.15) is 5.69 Å². The highest BCUT2D eigenvalue weighted by Crippen LogP contribution is 2.20. The number of aromatic nitrogens is 1. The monoisotopic (exact) mass is 268 g/mol. The van der Waals surface area contributed by atoms with Crippen LogP contribution in [-0.4, -0.2) is 36.1 Å². The molecule has 0 aliphatic rings. The van der Waals surface area contributed by atoms with E-state index in [1.54, 1.807) is 13.8 Å². The van der Waals surface area contributed by atoms with Gasteiger partial charge in [0.2, 0.25) is 0 Å². The lowest BCUT2D eigenvalue weighted by Crippen LogP contribution is -2.25. The van der Waals surface area contributed by atoms with Crippen molar-refractivity contribution in [1.29, 1.82) is 0 Å². The second kappa shape index (κ2) is 6.03. The van der Waals surface area contributed by atoms with E-state index in [1.807, 2.05) is 0 Å². The third-order valence-electron chi connectivity index (χ3n) is 2.41. The summed E-state index contributed by atoms with van der Waals surface area (Å²) in [7, 11) is 0. The average Bonchev–Trinajstić information content (AvgIpc) is 2.67. The Morgan fingerprint density at radius 2 is 1.58 bits per heavy atom. The van der Waals surface area contributed by atoms with Crippen LogP contribution in [0.2, 0.25) is 0 Å². The molecule has 0 amide bonds. The molecular formula is C12H14NO6-. The van der Waals surface area contributed by atoms with Crippen LogP contribution in [-0.2, 0) is 9.47 Å². The fourth-order valence-electron chi connectivity index (χ4n) is 1.61. The Bertz CT molecular complexity index is 517. The van der Waals surface area contributed by atoms with Gasteiger partial charge in [-0.25, -0.2) is 9.59 Å². The summed E-state index contributed by atoms with van der Waals surface area (Å²) in [5.74, 6) is -3.16. The van der Waals surface area contributed by atoms with Gasteiger partial charge in [-0.2, -0.15) is 0 Å². The highest BCUT2D eigenvalue weighted by atomic mass is 16.5. The van der Waals surface area contributed by atoms with Crippen LogP contribution < -0.4 is 5.11 Å². The van der Waals surface area contributed by atoms with Gasteiger partial charge in [-0.05, 0) is 26.3 Å². The van der Waals surface area contributed by atoms with E-state index in [0.717, 1.165) is 0 Å². The highest BCUT2D eigenvalue weighted by Gasteiger charge is 2.25. The Balaban J connectivity index is 3.32. The summed E-state index contributed by atoms with van der Waals surface area (Å²) in [6.45, 7) is 4.85. The molecule has 0 spiro atoms. The zero-order valence-corrected chi connectivity index (χ0v) is 10.9. The number of esters is 2. The van der Waals surface area contributed by atoms with Crippen molar-refractivity contribution in [2.45, 2.75) is 20.8 Å². The maximum atomic E-state index is 11.7. The van der Waals surface area contributed by atoms with E-state index in [1.165, 1.54) is 6.92 Å². The summed E-state index contributed by atoms with van der Waals surface area (Å²) in [6.07, 6.45) is 0. The van der Waals surface area contributed by atoms with Crippen LogP contribution in [0.5, 0.6) is 0 Å². The van der Waals surface area contributed by atoms with Crippen LogP contribution >= 0.6 is 0 Å². The zero-order valence-electron chi connectivity index (χ0n) is 10.9. The minimum absolute atomic E-state index is 0.0880. The zero-order chi connectivity index (χ0) is 14.6. The minimum Gasteiger partial charge on any atom is -0.543 e. The summed E-state index contributed by atoms with van der Waals surface area (Å²) < 4.78 is 9.51. The quantitative estimate of drug-likeness (QED) is 0.755. The molecule has 0 aliphatic heterocycles. The molecule has 0 saturated carbocycles. The summed E-state index contributed by atoms with van der Waals surface area (Å²) in [6, 6.07) is 0. The van der Waals surface area contributed by atoms with Crippen molar-refractivity contribution in [3.8, 4) is 0 Å². The smallest absolute Gasteiger partial charge is 0.355 e. The van der Waals surface area contributed by atoms with Gasteiger partial charge in [-0.1, -0.05) is 0 Å². The third-order valence-corrected chi connectivity index (χ3v) is 2.41. The van der Waals surface area contributed by atoms with E-state index < -0.39 is 23.6 Å². The van der Waals surface area contributed by atoms with Crippen molar-refractivity contribution in [2.24, 2.45) is 0 Å². The summed E-state index contributed by atoms with van der Waals surface area (Å²) in [4.78, 5) is 36.6. The van der Waals surface area contributed by atoms with Gasteiger partial charge in [-0.15, -0.1) is 0 Å². The number of carboxylic acids is 1. The topological polar surface area (TPSA) is 109 Å². The van der Waals surface area contributed by atoms with Gasteiger partial charge in [0.15, 0.2) is 0 Å². The van der Waals surface area contributed by atoms with Crippen LogP contribution in [0.25, 0.3) is 0 Å². The first kappa shape index (κ1) is 14.7. The number of H-pyrrole nitrogens is 1. The molecule has 19 heavy (non-hydrogen) atoms. The predicted molar refractivity (Wildman–Crippen MR) is 61.8 cm³/mol. The molecule has 7 heteroatoms. The molecule has 1 rings (SSSR count). The Kier molecular flexibility index (Phi) is 4.68. The molecule has 0 radical (unpaired) electrons. The molecule has 1 aromatic heterocycles. The van der Waals surface area contributed by atoms with E-state index in [2.05, 4.69) is 4.98 Å². The van der Waals surface area contributed by atoms with Crippen molar-refractivity contribution in [3.63, 3.8) is 0 Å². The molecule has 0 fully saturated rings. The van der Waals surface area contributed by atoms with Gasteiger partial charge in [0, 0.05) is 0 Å². The van der Waals surface area contributed by atoms with Crippen LogP contribution in [0.4, 0.5) is 0 Å². The van der Waals surface area contributed by atoms with E-state index >= 15 is 0 Å². The molecule has 0 unspecified atom stereocenters. The van der Waals surface area contributed by atoms with Gasteiger partial charge in [-0.3, -0.25) is 0 Å². The Morgan fingerprint density at radius 1 is 1.05 bits per heavy atom. The van der Waals surface area contributed by atoms with Gasteiger partial charge < -0.3 is 24.4 Å². The van der Waals surface area contributed by atoms with Crippen molar-refractivity contribution < 1.29 is 29.0 Å². The normalized spacial score (nSPS) is 10.1. The molecule has 7 nitrogen and oxygen atoms in total. The molecule has 0 atom stereocenters. The Hall–Kier alpha value is -2.31. The van der Waals surface area contributed by atoms with Crippen LogP contribution in [0.15, 0.2) is 0 Å². The summed E-state index contributed by atoms with van der Waals surface area (Å²) >= 11 is 0. The van der Waals surface area contributed by atoms with Crippen LogP contribution in [0, 0.1) is 6.92 Å². The van der Waals surface area contributed by atoms with Crippen molar-refractivity contribution in [1.82, 2.24) is 4.98 Å². The van der Waals surface area contributed by atoms with Crippen molar-refractivity contribution in [2.75, 3.05) is 13.2 Å². The number of rotatable bonds is 5. The molecule has 1 aromatic rings. The number of hydrogen-bond acceptors (Lipinski definition) is 6. The fraction of sp³-hybridized carbons (Fsp3) is 0.417. The third kappa shape index (κ3) is 2.93. The lowest BCUT2D eigenvalue weighted by molar-refractivity contribution is -0.255.